The van der Waals surface area contributed by atoms with Gasteiger partial charge in [0.2, 0.25) is 11.8 Å². The molecule has 1 aromatic carbocycles. The first-order valence-corrected chi connectivity index (χ1v) is 9.41. The average molecular weight is 389 g/mol. The molecule has 1 aliphatic carbocycles. The number of aliphatic carboxylic acids is 1. The number of carboxylic acids is 1. The normalized spacial score (nSPS) is 20.0. The molecule has 0 radical (unpaired) electrons. The maximum Gasteiger partial charge on any atom is 0.308 e. The van der Waals surface area contributed by atoms with E-state index in [0.717, 1.165) is 12.0 Å². The number of aromatic hydroxyl groups is 1. The lowest BCUT2D eigenvalue weighted by Crippen LogP contribution is -2.51. The van der Waals surface area contributed by atoms with Gasteiger partial charge in [-0.15, -0.1) is 0 Å². The van der Waals surface area contributed by atoms with Crippen molar-refractivity contribution in [3.05, 3.63) is 35.9 Å². The molecule has 0 heterocycles. The number of carboxylic acid groups (broad SMARTS) is 1. The van der Waals surface area contributed by atoms with E-state index >= 15 is 0 Å². The topological polar surface area (TPSA) is 142 Å². The van der Waals surface area contributed by atoms with Crippen molar-refractivity contribution in [1.29, 1.82) is 0 Å². The number of phenols is 1. The first-order chi connectivity index (χ1) is 13.4. The van der Waals surface area contributed by atoms with Gasteiger partial charge >= 0.3 is 5.97 Å². The van der Waals surface area contributed by atoms with E-state index in [9.17, 15) is 24.6 Å². The van der Waals surface area contributed by atoms with Gasteiger partial charge in [-0.1, -0.05) is 18.6 Å². The van der Waals surface area contributed by atoms with Crippen LogP contribution in [0.1, 0.15) is 37.7 Å². The van der Waals surface area contributed by atoms with Crippen LogP contribution in [0.3, 0.4) is 0 Å². The number of phenolic OH excluding ortho intramolecular Hbond substituents is 1. The highest BCUT2D eigenvalue weighted by Gasteiger charge is 2.35. The summed E-state index contributed by atoms with van der Waals surface area (Å²) < 4.78 is 0. The third-order valence-corrected chi connectivity index (χ3v) is 4.81. The van der Waals surface area contributed by atoms with E-state index in [1.165, 1.54) is 18.2 Å². The maximum atomic E-state index is 12.6. The predicted molar refractivity (Wildman–Crippen MR) is 104 cm³/mol. The summed E-state index contributed by atoms with van der Waals surface area (Å²) in [4.78, 5) is 36.1. The van der Waals surface area contributed by atoms with Crippen molar-refractivity contribution in [3.8, 4) is 5.75 Å². The lowest BCUT2D eigenvalue weighted by Gasteiger charge is -2.22. The monoisotopic (exact) mass is 389 g/mol. The largest absolute Gasteiger partial charge is 0.508 e. The number of carbonyl (C=O) groups is 3. The van der Waals surface area contributed by atoms with Crippen LogP contribution in [0.5, 0.6) is 5.75 Å². The summed E-state index contributed by atoms with van der Waals surface area (Å²) in [5.41, 5.74) is 6.25. The molecule has 0 aliphatic heterocycles. The van der Waals surface area contributed by atoms with Crippen molar-refractivity contribution in [2.45, 2.75) is 44.2 Å². The minimum atomic E-state index is -0.915. The Labute approximate surface area is 163 Å². The van der Waals surface area contributed by atoms with E-state index in [2.05, 4.69) is 10.6 Å². The SMILES string of the molecule is NCCC[C@H](NC(=O)/C=C/c1ccc(O)cc1)C(=O)NC1CCC[C@H]1C(=O)O. The molecule has 152 valence electrons. The zero-order valence-electron chi connectivity index (χ0n) is 15.6. The number of hydrogen-bond donors (Lipinski definition) is 5. The molecule has 6 N–H and O–H groups in total. The van der Waals surface area contributed by atoms with E-state index in [0.29, 0.717) is 32.2 Å². The molecule has 0 saturated heterocycles. The van der Waals surface area contributed by atoms with Crippen molar-refractivity contribution in [3.63, 3.8) is 0 Å². The van der Waals surface area contributed by atoms with Gasteiger partial charge in [-0.05, 0) is 56.0 Å². The summed E-state index contributed by atoms with van der Waals surface area (Å²) in [5.74, 6) is -2.21. The molecule has 0 aromatic heterocycles. The molecule has 1 aromatic rings. The summed E-state index contributed by atoms with van der Waals surface area (Å²) >= 11 is 0. The van der Waals surface area contributed by atoms with Gasteiger partial charge in [-0.2, -0.15) is 0 Å². The molecule has 0 bridgehead atoms. The average Bonchev–Trinajstić information content (AvgIpc) is 3.13. The zero-order valence-corrected chi connectivity index (χ0v) is 15.6. The molecule has 8 heteroatoms. The molecule has 8 nitrogen and oxygen atoms in total. The second-order valence-electron chi connectivity index (χ2n) is 6.91. The molecule has 1 unspecified atom stereocenters. The van der Waals surface area contributed by atoms with Gasteiger partial charge in [0.05, 0.1) is 5.92 Å². The van der Waals surface area contributed by atoms with Crippen LogP contribution in [0.25, 0.3) is 6.08 Å². The van der Waals surface area contributed by atoms with E-state index in [4.69, 9.17) is 5.73 Å². The Bertz CT molecular complexity index is 717. The third kappa shape index (κ3) is 6.38. The molecule has 1 saturated carbocycles. The fourth-order valence-corrected chi connectivity index (χ4v) is 3.28. The third-order valence-electron chi connectivity index (χ3n) is 4.81. The number of nitrogens with one attached hydrogen (secondary N) is 2. The molecule has 2 amide bonds. The van der Waals surface area contributed by atoms with Crippen molar-refractivity contribution in [2.24, 2.45) is 11.7 Å². The Hall–Kier alpha value is -2.87. The quantitative estimate of drug-likeness (QED) is 0.399. The fraction of sp³-hybridized carbons (Fsp3) is 0.450. The van der Waals surface area contributed by atoms with Crippen LogP contribution in [0.2, 0.25) is 0 Å². The van der Waals surface area contributed by atoms with Gasteiger partial charge < -0.3 is 26.6 Å². The molecule has 1 aliphatic rings. The van der Waals surface area contributed by atoms with Crippen LogP contribution < -0.4 is 16.4 Å². The Morgan fingerprint density at radius 3 is 2.57 bits per heavy atom. The fourth-order valence-electron chi connectivity index (χ4n) is 3.28. The van der Waals surface area contributed by atoms with E-state index in [-0.39, 0.29) is 5.75 Å². The minimum absolute atomic E-state index is 0.131. The maximum absolute atomic E-state index is 12.6. The van der Waals surface area contributed by atoms with E-state index in [1.807, 2.05) is 0 Å². The Morgan fingerprint density at radius 2 is 1.93 bits per heavy atom. The van der Waals surface area contributed by atoms with Crippen LogP contribution in [0, 0.1) is 5.92 Å². The highest BCUT2D eigenvalue weighted by molar-refractivity contribution is 5.95. The summed E-state index contributed by atoms with van der Waals surface area (Å²) in [7, 11) is 0. The van der Waals surface area contributed by atoms with Gasteiger partial charge in [-0.25, -0.2) is 0 Å². The number of carbonyl (C=O) groups excluding carboxylic acids is 2. The van der Waals surface area contributed by atoms with E-state index in [1.54, 1.807) is 18.2 Å². The van der Waals surface area contributed by atoms with Crippen LogP contribution in [0.15, 0.2) is 30.3 Å². The lowest BCUT2D eigenvalue weighted by molar-refractivity contribution is -0.142. The van der Waals surface area contributed by atoms with E-state index < -0.39 is 35.8 Å². The summed E-state index contributed by atoms with van der Waals surface area (Å²) in [6, 6.07) is 5.13. The second kappa shape index (κ2) is 10.5. The standard InChI is InChI=1S/C20H27N3O5/c21-12-2-5-17(19(26)23-16-4-1-3-15(16)20(27)28)22-18(25)11-8-13-6-9-14(24)10-7-13/h6-11,15-17,24H,1-5,12,21H2,(H,22,25)(H,23,26)(H,27,28)/b11-8+/t15-,16?,17+/m1/s1. The number of rotatable bonds is 9. The Morgan fingerprint density at radius 1 is 1.21 bits per heavy atom. The highest BCUT2D eigenvalue weighted by Crippen LogP contribution is 2.26. The summed E-state index contributed by atoms with van der Waals surface area (Å²) in [5, 5.41) is 24.0. The van der Waals surface area contributed by atoms with Crippen molar-refractivity contribution >= 4 is 23.9 Å². The molecule has 1 fully saturated rings. The van der Waals surface area contributed by atoms with Crippen LogP contribution >= 0.6 is 0 Å². The number of nitrogens with two attached hydrogens (primary N) is 1. The van der Waals surface area contributed by atoms with Crippen molar-refractivity contribution < 1.29 is 24.6 Å². The lowest BCUT2D eigenvalue weighted by atomic mass is 10.0. The van der Waals surface area contributed by atoms with Crippen molar-refractivity contribution in [1.82, 2.24) is 10.6 Å². The zero-order chi connectivity index (χ0) is 20.5. The Balaban J connectivity index is 1.97. The van der Waals surface area contributed by atoms with Gasteiger partial charge in [0.1, 0.15) is 11.8 Å². The van der Waals surface area contributed by atoms with Gasteiger partial charge in [0, 0.05) is 12.1 Å². The minimum Gasteiger partial charge on any atom is -0.508 e. The highest BCUT2D eigenvalue weighted by atomic mass is 16.4. The van der Waals surface area contributed by atoms with Crippen LogP contribution in [-0.2, 0) is 14.4 Å². The molecular formula is C20H27N3O5. The number of amides is 2. The smallest absolute Gasteiger partial charge is 0.308 e. The van der Waals surface area contributed by atoms with Gasteiger partial charge in [0.15, 0.2) is 0 Å². The Kier molecular flexibility index (Phi) is 8.01. The first-order valence-electron chi connectivity index (χ1n) is 9.41. The van der Waals surface area contributed by atoms with Gasteiger partial charge in [0.25, 0.3) is 0 Å². The van der Waals surface area contributed by atoms with Crippen LogP contribution in [-0.4, -0.2) is 46.6 Å². The molecule has 2 rings (SSSR count). The number of benzene rings is 1. The number of hydrogen-bond acceptors (Lipinski definition) is 5. The van der Waals surface area contributed by atoms with Crippen molar-refractivity contribution in [2.75, 3.05) is 6.54 Å². The predicted octanol–water partition coefficient (Wildman–Crippen LogP) is 0.999. The summed E-state index contributed by atoms with van der Waals surface area (Å²) in [6.45, 7) is 0.379. The summed E-state index contributed by atoms with van der Waals surface area (Å²) in [6.07, 6.45) is 5.70. The second-order valence-corrected chi connectivity index (χ2v) is 6.91. The molecule has 28 heavy (non-hydrogen) atoms. The van der Waals surface area contributed by atoms with Crippen LogP contribution in [0.4, 0.5) is 0 Å². The first kappa shape index (κ1) is 21.4. The molecule has 3 atom stereocenters. The molecule has 0 spiro atoms. The van der Waals surface area contributed by atoms with Gasteiger partial charge in [-0.3, -0.25) is 14.4 Å². The molecular weight excluding hydrogens is 362 g/mol.